The highest BCUT2D eigenvalue weighted by Crippen LogP contribution is 2.31. The average molecular weight is 440 g/mol. The zero-order chi connectivity index (χ0) is 21.3. The van der Waals surface area contributed by atoms with Gasteiger partial charge >= 0.3 is 6.09 Å². The van der Waals surface area contributed by atoms with Crippen LogP contribution in [-0.2, 0) is 11.3 Å². The Labute approximate surface area is 175 Å². The number of anilines is 1. The number of nitrogens with one attached hydrogen (secondary N) is 1. The molecular formula is C18H19ClFN5O3S. The molecule has 0 spiro atoms. The van der Waals surface area contributed by atoms with Gasteiger partial charge in [0, 0.05) is 10.4 Å². The number of rotatable bonds is 4. The van der Waals surface area contributed by atoms with Crippen LogP contribution in [0.3, 0.4) is 0 Å². The normalized spacial score (nSPS) is 11.5. The van der Waals surface area contributed by atoms with Gasteiger partial charge in [0.25, 0.3) is 5.89 Å². The lowest BCUT2D eigenvalue weighted by molar-refractivity contribution is 0.0523. The summed E-state index contributed by atoms with van der Waals surface area (Å²) in [6, 6.07) is 2.64. The summed E-state index contributed by atoms with van der Waals surface area (Å²) < 4.78 is 24.3. The molecule has 2 heterocycles. The van der Waals surface area contributed by atoms with Crippen molar-refractivity contribution in [1.82, 2.24) is 20.4 Å². The van der Waals surface area contributed by atoms with E-state index in [0.29, 0.717) is 16.3 Å². The number of carbonyl (C=O) groups is 1. The molecule has 154 valence electrons. The first-order valence-electron chi connectivity index (χ1n) is 8.55. The third-order valence-corrected chi connectivity index (χ3v) is 4.94. The van der Waals surface area contributed by atoms with E-state index in [0.717, 1.165) is 4.88 Å². The third kappa shape index (κ3) is 5.01. The number of nitrogen functional groups attached to an aromatic ring is 1. The summed E-state index contributed by atoms with van der Waals surface area (Å²) in [7, 11) is 0. The second-order valence-corrected chi connectivity index (χ2v) is 8.82. The Morgan fingerprint density at radius 1 is 1.38 bits per heavy atom. The quantitative estimate of drug-likeness (QED) is 0.572. The van der Waals surface area contributed by atoms with Crippen LogP contribution >= 0.6 is 22.9 Å². The molecular weight excluding hydrogens is 421 g/mol. The van der Waals surface area contributed by atoms with E-state index in [2.05, 4.69) is 20.4 Å². The van der Waals surface area contributed by atoms with Crippen molar-refractivity contribution in [2.75, 3.05) is 5.73 Å². The van der Waals surface area contributed by atoms with Gasteiger partial charge < -0.3 is 20.3 Å². The minimum atomic E-state index is -0.673. The number of nitrogens with zero attached hydrogens (tertiary/aromatic N) is 3. The number of hydrogen-bond donors (Lipinski definition) is 2. The Morgan fingerprint density at radius 3 is 2.76 bits per heavy atom. The fourth-order valence-corrected chi connectivity index (χ4v) is 3.34. The van der Waals surface area contributed by atoms with E-state index in [1.165, 1.54) is 23.5 Å². The molecule has 0 saturated carbocycles. The molecule has 1 amide bonds. The van der Waals surface area contributed by atoms with Crippen LogP contribution in [0.1, 0.15) is 30.7 Å². The van der Waals surface area contributed by atoms with Crippen LogP contribution in [0.25, 0.3) is 23.0 Å². The Morgan fingerprint density at radius 2 is 2.10 bits per heavy atom. The van der Waals surface area contributed by atoms with Crippen molar-refractivity contribution in [1.29, 1.82) is 0 Å². The van der Waals surface area contributed by atoms with E-state index in [-0.39, 0.29) is 29.0 Å². The Kier molecular flexibility index (Phi) is 5.76. The van der Waals surface area contributed by atoms with Gasteiger partial charge in [-0.25, -0.2) is 14.2 Å². The molecule has 8 nitrogen and oxygen atoms in total. The summed E-state index contributed by atoms with van der Waals surface area (Å²) in [5, 5.41) is 7.00. The summed E-state index contributed by atoms with van der Waals surface area (Å²) in [6.07, 6.45) is -0.533. The minimum Gasteiger partial charge on any atom is -0.444 e. The number of halogens is 2. The van der Waals surface area contributed by atoms with Crippen molar-refractivity contribution < 1.29 is 18.4 Å². The highest BCUT2D eigenvalue weighted by Gasteiger charge is 2.20. The molecule has 0 aliphatic rings. The first-order chi connectivity index (χ1) is 13.5. The minimum absolute atomic E-state index is 0.0772. The van der Waals surface area contributed by atoms with Gasteiger partial charge in [0.2, 0.25) is 5.82 Å². The number of alkyl carbamates (subject to hydrolysis) is 1. The van der Waals surface area contributed by atoms with Crippen LogP contribution in [-0.4, -0.2) is 26.8 Å². The summed E-state index contributed by atoms with van der Waals surface area (Å²) in [6.45, 7) is 7.39. The molecule has 1 aromatic carbocycles. The number of benzene rings is 1. The molecule has 2 aromatic heterocycles. The van der Waals surface area contributed by atoms with E-state index in [4.69, 9.17) is 26.6 Å². The summed E-state index contributed by atoms with van der Waals surface area (Å²) >= 11 is 7.11. The lowest BCUT2D eigenvalue weighted by Gasteiger charge is -2.19. The van der Waals surface area contributed by atoms with E-state index < -0.39 is 17.5 Å². The van der Waals surface area contributed by atoms with Gasteiger partial charge in [-0.2, -0.15) is 4.98 Å². The number of hydrogen-bond acceptors (Lipinski definition) is 8. The molecule has 0 radical (unpaired) electrons. The smallest absolute Gasteiger partial charge is 0.408 e. The number of nitrogens with two attached hydrogens (primary N) is 1. The molecule has 11 heteroatoms. The van der Waals surface area contributed by atoms with Crippen molar-refractivity contribution in [2.45, 2.75) is 39.8 Å². The summed E-state index contributed by atoms with van der Waals surface area (Å²) in [5.41, 5.74) is 6.00. The Hall–Kier alpha value is -2.72. The molecule has 0 atom stereocenters. The van der Waals surface area contributed by atoms with Gasteiger partial charge in [0.1, 0.15) is 22.1 Å². The van der Waals surface area contributed by atoms with Crippen LogP contribution in [0, 0.1) is 12.7 Å². The largest absolute Gasteiger partial charge is 0.444 e. The van der Waals surface area contributed by atoms with Gasteiger partial charge in [-0.1, -0.05) is 16.8 Å². The van der Waals surface area contributed by atoms with Gasteiger partial charge in [0.05, 0.1) is 17.3 Å². The highest BCUT2D eigenvalue weighted by atomic mass is 35.5. The zero-order valence-electron chi connectivity index (χ0n) is 16.2. The molecule has 3 rings (SSSR count). The average Bonchev–Trinajstić information content (AvgIpc) is 3.22. The van der Waals surface area contributed by atoms with Crippen molar-refractivity contribution in [3.05, 3.63) is 32.9 Å². The van der Waals surface area contributed by atoms with E-state index in [1.807, 2.05) is 6.92 Å². The number of amides is 1. The SMILES string of the molecule is Cc1sc(CNC(=O)OC(C)(C)C)nc1-c1nc(-c2cc(N)c(Cl)c(F)c2)no1. The van der Waals surface area contributed by atoms with Gasteiger partial charge in [0.15, 0.2) is 0 Å². The monoisotopic (exact) mass is 439 g/mol. The number of aryl methyl sites for hydroxylation is 1. The number of carbonyl (C=O) groups excluding carboxylic acids is 1. The number of ether oxygens (including phenoxy) is 1. The Bertz CT molecular complexity index is 1040. The number of thiazole rings is 1. The maximum Gasteiger partial charge on any atom is 0.408 e. The van der Waals surface area contributed by atoms with E-state index in [1.54, 1.807) is 20.8 Å². The molecule has 29 heavy (non-hydrogen) atoms. The van der Waals surface area contributed by atoms with E-state index >= 15 is 0 Å². The second-order valence-electron chi connectivity index (χ2n) is 7.15. The van der Waals surface area contributed by atoms with E-state index in [9.17, 15) is 9.18 Å². The fraction of sp³-hybridized carbons (Fsp3) is 0.333. The highest BCUT2D eigenvalue weighted by molar-refractivity contribution is 7.12. The maximum absolute atomic E-state index is 13.8. The summed E-state index contributed by atoms with van der Waals surface area (Å²) in [5.74, 6) is -0.345. The lowest BCUT2D eigenvalue weighted by Crippen LogP contribution is -2.32. The van der Waals surface area contributed by atoms with Crippen molar-refractivity contribution in [3.8, 4) is 23.0 Å². The molecule has 3 N–H and O–H groups in total. The van der Waals surface area contributed by atoms with Crippen LogP contribution in [0.5, 0.6) is 0 Å². The fourth-order valence-electron chi connectivity index (χ4n) is 2.36. The summed E-state index contributed by atoms with van der Waals surface area (Å²) in [4.78, 5) is 21.3. The molecule has 0 fully saturated rings. The first-order valence-corrected chi connectivity index (χ1v) is 9.75. The first kappa shape index (κ1) is 21.0. The Balaban J connectivity index is 1.77. The van der Waals surface area contributed by atoms with Gasteiger partial charge in [-0.05, 0) is 39.8 Å². The van der Waals surface area contributed by atoms with Crippen LogP contribution in [0.2, 0.25) is 5.02 Å². The van der Waals surface area contributed by atoms with Crippen LogP contribution < -0.4 is 11.1 Å². The zero-order valence-corrected chi connectivity index (χ0v) is 17.7. The predicted octanol–water partition coefficient (Wildman–Crippen LogP) is 4.57. The van der Waals surface area contributed by atoms with Crippen LogP contribution in [0.4, 0.5) is 14.9 Å². The standard InChI is InChI=1S/C18H19ClFN5O3S/c1-8-14(23-12(29-8)7-22-17(26)27-18(2,3)4)16-24-15(25-28-16)9-5-10(20)13(19)11(21)6-9/h5-6H,7,21H2,1-4H3,(H,22,26). The topological polar surface area (TPSA) is 116 Å². The van der Waals surface area contributed by atoms with Crippen LogP contribution in [0.15, 0.2) is 16.7 Å². The third-order valence-electron chi connectivity index (χ3n) is 3.57. The molecule has 0 aliphatic heterocycles. The molecule has 0 saturated heterocycles. The maximum atomic E-state index is 13.8. The lowest BCUT2D eigenvalue weighted by atomic mass is 10.2. The molecule has 0 aliphatic carbocycles. The van der Waals surface area contributed by atoms with Crippen molar-refractivity contribution in [3.63, 3.8) is 0 Å². The van der Waals surface area contributed by atoms with Crippen molar-refractivity contribution >= 4 is 34.7 Å². The number of aromatic nitrogens is 3. The van der Waals surface area contributed by atoms with Gasteiger partial charge in [-0.3, -0.25) is 0 Å². The molecule has 0 unspecified atom stereocenters. The second kappa shape index (κ2) is 7.96. The van der Waals surface area contributed by atoms with Gasteiger partial charge in [-0.15, -0.1) is 11.3 Å². The van der Waals surface area contributed by atoms with Crippen molar-refractivity contribution in [2.24, 2.45) is 0 Å². The predicted molar refractivity (Wildman–Crippen MR) is 108 cm³/mol. The molecule has 0 bridgehead atoms. The molecule has 3 aromatic rings.